The molecule has 0 amide bonds. The summed E-state index contributed by atoms with van der Waals surface area (Å²) in [6.45, 7) is 2.04. The zero-order valence-electron chi connectivity index (χ0n) is 10.6. The molecule has 1 aromatic heterocycles. The lowest BCUT2D eigenvalue weighted by atomic mass is 9.99. The fraction of sp³-hybridized carbons (Fsp3) is 0.286. The van der Waals surface area contributed by atoms with E-state index in [2.05, 4.69) is 5.43 Å². The molecule has 1 heterocycles. The average molecular weight is 299 g/mol. The molecule has 1 aromatic carbocycles. The topological polar surface area (TPSA) is 51.2 Å². The first kappa shape index (κ1) is 14.4. The maximum absolute atomic E-state index is 6.19. The highest BCUT2D eigenvalue weighted by Crippen LogP contribution is 2.30. The second kappa shape index (κ2) is 6.44. The lowest BCUT2D eigenvalue weighted by Crippen LogP contribution is -2.30. The Labute approximate surface area is 122 Å². The fourth-order valence-electron chi connectivity index (χ4n) is 2.14. The van der Waals surface area contributed by atoms with Crippen molar-refractivity contribution in [3.05, 3.63) is 57.5 Å². The number of benzene rings is 1. The molecule has 0 aliphatic heterocycles. The minimum atomic E-state index is -0.0777. The van der Waals surface area contributed by atoms with Crippen molar-refractivity contribution in [2.45, 2.75) is 25.8 Å². The van der Waals surface area contributed by atoms with E-state index in [0.717, 1.165) is 23.3 Å². The van der Waals surface area contributed by atoms with Gasteiger partial charge < -0.3 is 4.42 Å². The van der Waals surface area contributed by atoms with Crippen molar-refractivity contribution in [1.82, 2.24) is 5.43 Å². The van der Waals surface area contributed by atoms with E-state index in [0.29, 0.717) is 16.5 Å². The molecule has 3 nitrogen and oxygen atoms in total. The normalized spacial score (nSPS) is 12.6. The third-order valence-corrected chi connectivity index (χ3v) is 3.86. The third kappa shape index (κ3) is 3.12. The maximum Gasteiger partial charge on any atom is 0.108 e. The van der Waals surface area contributed by atoms with Gasteiger partial charge in [0.05, 0.1) is 12.3 Å². The molecule has 0 spiro atoms. The van der Waals surface area contributed by atoms with Gasteiger partial charge in [-0.2, -0.15) is 0 Å². The third-order valence-electron chi connectivity index (χ3n) is 3.15. The summed E-state index contributed by atoms with van der Waals surface area (Å²) < 4.78 is 5.43. The molecular formula is C14H16Cl2N2O. The summed E-state index contributed by atoms with van der Waals surface area (Å²) >= 11 is 12.4. The minimum Gasteiger partial charge on any atom is -0.469 e. The van der Waals surface area contributed by atoms with Gasteiger partial charge in [0.1, 0.15) is 5.76 Å². The Morgan fingerprint density at radius 2 is 1.95 bits per heavy atom. The molecule has 5 heteroatoms. The van der Waals surface area contributed by atoms with Gasteiger partial charge >= 0.3 is 0 Å². The van der Waals surface area contributed by atoms with Crippen molar-refractivity contribution in [2.75, 3.05) is 0 Å². The van der Waals surface area contributed by atoms with E-state index in [1.54, 1.807) is 6.26 Å². The average Bonchev–Trinajstić information content (AvgIpc) is 2.87. The molecular weight excluding hydrogens is 283 g/mol. The first-order valence-corrected chi connectivity index (χ1v) is 6.88. The van der Waals surface area contributed by atoms with Crippen LogP contribution in [0.1, 0.15) is 29.9 Å². The van der Waals surface area contributed by atoms with E-state index in [9.17, 15) is 0 Å². The first-order chi connectivity index (χ1) is 9.17. The van der Waals surface area contributed by atoms with E-state index < -0.39 is 0 Å². The lowest BCUT2D eigenvalue weighted by molar-refractivity contribution is 0.487. The van der Waals surface area contributed by atoms with Gasteiger partial charge in [0.2, 0.25) is 0 Å². The Morgan fingerprint density at radius 3 is 2.53 bits per heavy atom. The van der Waals surface area contributed by atoms with Crippen molar-refractivity contribution in [2.24, 2.45) is 5.84 Å². The van der Waals surface area contributed by atoms with E-state index in [-0.39, 0.29) is 6.04 Å². The highest BCUT2D eigenvalue weighted by Gasteiger charge is 2.19. The number of nitrogens with two attached hydrogens (primary N) is 1. The standard InChI is InChI=1S/C14H16Cl2N2O/c1-2-14-9(6-7-19-14)13(18-17)8-10-11(15)4-3-5-12(10)16/h3-7,13,18H,2,8,17H2,1H3. The van der Waals surface area contributed by atoms with Crippen LogP contribution in [-0.4, -0.2) is 0 Å². The highest BCUT2D eigenvalue weighted by molar-refractivity contribution is 6.36. The Kier molecular flexibility index (Phi) is 4.88. The van der Waals surface area contributed by atoms with Gasteiger partial charge in [-0.1, -0.05) is 36.2 Å². The van der Waals surface area contributed by atoms with Crippen molar-refractivity contribution in [3.63, 3.8) is 0 Å². The zero-order chi connectivity index (χ0) is 13.8. The van der Waals surface area contributed by atoms with Crippen LogP contribution < -0.4 is 11.3 Å². The predicted molar refractivity (Wildman–Crippen MR) is 78.3 cm³/mol. The molecule has 1 unspecified atom stereocenters. The molecule has 1 atom stereocenters. The van der Waals surface area contributed by atoms with Gasteiger partial charge in [-0.15, -0.1) is 0 Å². The van der Waals surface area contributed by atoms with Crippen LogP contribution in [0.15, 0.2) is 34.9 Å². The highest BCUT2D eigenvalue weighted by atomic mass is 35.5. The molecule has 19 heavy (non-hydrogen) atoms. The number of aryl methyl sites for hydroxylation is 1. The summed E-state index contributed by atoms with van der Waals surface area (Å²) in [5.41, 5.74) is 4.73. The molecule has 0 saturated carbocycles. The van der Waals surface area contributed by atoms with E-state index >= 15 is 0 Å². The number of hydrogen-bond donors (Lipinski definition) is 2. The van der Waals surface area contributed by atoms with Crippen LogP contribution in [0.4, 0.5) is 0 Å². The van der Waals surface area contributed by atoms with Crippen LogP contribution in [0.2, 0.25) is 10.0 Å². The first-order valence-electron chi connectivity index (χ1n) is 6.12. The molecule has 0 bridgehead atoms. The number of halogens is 2. The molecule has 0 aliphatic carbocycles. The van der Waals surface area contributed by atoms with Crippen LogP contribution >= 0.6 is 23.2 Å². The van der Waals surface area contributed by atoms with E-state index in [1.165, 1.54) is 0 Å². The largest absolute Gasteiger partial charge is 0.469 e. The van der Waals surface area contributed by atoms with Crippen LogP contribution in [0.25, 0.3) is 0 Å². The lowest BCUT2D eigenvalue weighted by Gasteiger charge is -2.17. The number of furan rings is 1. The predicted octanol–water partition coefficient (Wildman–Crippen LogP) is 3.90. The Bertz CT molecular complexity index is 534. The van der Waals surface area contributed by atoms with Crippen molar-refractivity contribution >= 4 is 23.2 Å². The van der Waals surface area contributed by atoms with Crippen LogP contribution in [0.3, 0.4) is 0 Å². The second-order valence-corrected chi connectivity index (χ2v) is 5.09. The van der Waals surface area contributed by atoms with Crippen LogP contribution in [-0.2, 0) is 12.8 Å². The summed E-state index contributed by atoms with van der Waals surface area (Å²) in [6.07, 6.45) is 3.10. The quantitative estimate of drug-likeness (QED) is 0.650. The Balaban J connectivity index is 2.29. The second-order valence-electron chi connectivity index (χ2n) is 4.28. The van der Waals surface area contributed by atoms with Crippen molar-refractivity contribution in [3.8, 4) is 0 Å². The van der Waals surface area contributed by atoms with Gasteiger partial charge in [0.15, 0.2) is 0 Å². The minimum absolute atomic E-state index is 0.0777. The number of rotatable bonds is 5. The Morgan fingerprint density at radius 1 is 1.26 bits per heavy atom. The van der Waals surface area contributed by atoms with Gasteiger partial charge in [-0.25, -0.2) is 0 Å². The number of hydrazine groups is 1. The van der Waals surface area contributed by atoms with Gasteiger partial charge in [0.25, 0.3) is 0 Å². The van der Waals surface area contributed by atoms with Gasteiger partial charge in [0, 0.05) is 22.0 Å². The molecule has 0 aliphatic rings. The van der Waals surface area contributed by atoms with E-state index in [1.807, 2.05) is 31.2 Å². The molecule has 2 rings (SSSR count). The maximum atomic E-state index is 6.19. The van der Waals surface area contributed by atoms with Crippen LogP contribution in [0, 0.1) is 0 Å². The molecule has 0 saturated heterocycles. The Hall–Kier alpha value is -1.00. The molecule has 102 valence electrons. The molecule has 0 fully saturated rings. The van der Waals surface area contributed by atoms with Crippen LogP contribution in [0.5, 0.6) is 0 Å². The monoisotopic (exact) mass is 298 g/mol. The van der Waals surface area contributed by atoms with E-state index in [4.69, 9.17) is 33.5 Å². The summed E-state index contributed by atoms with van der Waals surface area (Å²) in [7, 11) is 0. The fourth-order valence-corrected chi connectivity index (χ4v) is 2.69. The summed E-state index contributed by atoms with van der Waals surface area (Å²) in [6, 6.07) is 7.33. The zero-order valence-corrected chi connectivity index (χ0v) is 12.1. The smallest absolute Gasteiger partial charge is 0.108 e. The van der Waals surface area contributed by atoms with Crippen molar-refractivity contribution < 1.29 is 4.42 Å². The van der Waals surface area contributed by atoms with Gasteiger partial charge in [-0.05, 0) is 30.2 Å². The number of nitrogens with one attached hydrogen (secondary N) is 1. The van der Waals surface area contributed by atoms with Gasteiger partial charge in [-0.3, -0.25) is 11.3 Å². The molecule has 3 N–H and O–H groups in total. The summed E-state index contributed by atoms with van der Waals surface area (Å²) in [5.74, 6) is 6.58. The van der Waals surface area contributed by atoms with Crippen molar-refractivity contribution in [1.29, 1.82) is 0 Å². The summed E-state index contributed by atoms with van der Waals surface area (Å²) in [4.78, 5) is 0. The SMILES string of the molecule is CCc1occc1C(Cc1c(Cl)cccc1Cl)NN. The molecule has 2 aromatic rings. The summed E-state index contributed by atoms with van der Waals surface area (Å²) in [5, 5.41) is 1.29. The number of hydrogen-bond acceptors (Lipinski definition) is 3. The molecule has 0 radical (unpaired) electrons.